The average molecular weight is 465 g/mol. The molecule has 3 aliphatic rings. The first-order valence-corrected chi connectivity index (χ1v) is 12.2. The maximum absolute atomic E-state index is 12.6. The number of benzene rings is 1. The molecule has 180 valence electrons. The van der Waals surface area contributed by atoms with Crippen molar-refractivity contribution in [2.24, 2.45) is 5.92 Å². The standard InChI is InChI=1S/C25H32N6O3/c32-21(15-30-9-6-17-4-1-2-5-18(17)14-30)13-26-24(33)22-12-23(28-16-27-22)29-20-10-19(11-20)25(34)31-7-3-8-31/h1-2,4-5,12,16,19-21,32H,3,6-11,13-15H2,(H,26,33)(H,27,28,29)/t19-,20+,21-/m0/s1. The first kappa shape index (κ1) is 22.7. The highest BCUT2D eigenvalue weighted by molar-refractivity contribution is 5.92. The van der Waals surface area contributed by atoms with Gasteiger partial charge in [0.2, 0.25) is 5.91 Å². The molecule has 1 saturated heterocycles. The number of hydrogen-bond acceptors (Lipinski definition) is 7. The zero-order valence-electron chi connectivity index (χ0n) is 19.3. The van der Waals surface area contributed by atoms with E-state index < -0.39 is 6.10 Å². The van der Waals surface area contributed by atoms with E-state index in [0.29, 0.717) is 12.4 Å². The van der Waals surface area contributed by atoms with Gasteiger partial charge >= 0.3 is 0 Å². The maximum atomic E-state index is 12.6. The van der Waals surface area contributed by atoms with Crippen molar-refractivity contribution >= 4 is 17.6 Å². The zero-order valence-corrected chi connectivity index (χ0v) is 19.3. The van der Waals surface area contributed by atoms with Crippen molar-refractivity contribution < 1.29 is 14.7 Å². The Balaban J connectivity index is 1.06. The summed E-state index contributed by atoms with van der Waals surface area (Å²) in [5, 5.41) is 16.5. The van der Waals surface area contributed by atoms with Gasteiger partial charge in [-0.2, -0.15) is 0 Å². The van der Waals surface area contributed by atoms with E-state index in [0.717, 1.165) is 51.9 Å². The molecule has 1 aromatic carbocycles. The number of β-amino-alcohol motifs (C(OH)–C–C–N with tert-alkyl or cyclic N) is 1. The molecule has 34 heavy (non-hydrogen) atoms. The summed E-state index contributed by atoms with van der Waals surface area (Å²) < 4.78 is 0. The first-order valence-electron chi connectivity index (χ1n) is 12.2. The van der Waals surface area contributed by atoms with Crippen molar-refractivity contribution in [2.75, 3.05) is 38.0 Å². The van der Waals surface area contributed by atoms with Gasteiger partial charge < -0.3 is 20.6 Å². The van der Waals surface area contributed by atoms with Gasteiger partial charge in [-0.1, -0.05) is 24.3 Å². The van der Waals surface area contributed by atoms with Crippen LogP contribution in [0.3, 0.4) is 0 Å². The number of fused-ring (bicyclic) bond motifs is 1. The van der Waals surface area contributed by atoms with E-state index >= 15 is 0 Å². The van der Waals surface area contributed by atoms with Gasteiger partial charge in [0, 0.05) is 57.3 Å². The second-order valence-corrected chi connectivity index (χ2v) is 9.59. The number of aromatic nitrogens is 2. The van der Waals surface area contributed by atoms with Crippen molar-refractivity contribution in [1.82, 2.24) is 25.1 Å². The summed E-state index contributed by atoms with van der Waals surface area (Å²) in [7, 11) is 0. The largest absolute Gasteiger partial charge is 0.390 e. The Hall–Kier alpha value is -3.04. The molecule has 3 N–H and O–H groups in total. The number of nitrogens with one attached hydrogen (secondary N) is 2. The Morgan fingerprint density at radius 2 is 1.91 bits per heavy atom. The molecule has 9 nitrogen and oxygen atoms in total. The fourth-order valence-electron chi connectivity index (χ4n) is 4.88. The predicted molar refractivity (Wildman–Crippen MR) is 127 cm³/mol. The summed E-state index contributed by atoms with van der Waals surface area (Å²) in [6.07, 6.45) is 4.35. The monoisotopic (exact) mass is 464 g/mol. The highest BCUT2D eigenvalue weighted by Gasteiger charge is 2.38. The molecule has 9 heteroatoms. The van der Waals surface area contributed by atoms with E-state index in [2.05, 4.69) is 43.7 Å². The van der Waals surface area contributed by atoms with Crippen LogP contribution in [0.5, 0.6) is 0 Å². The molecule has 0 spiro atoms. The number of likely N-dealkylation sites (tertiary alicyclic amines) is 1. The molecular weight excluding hydrogens is 432 g/mol. The predicted octanol–water partition coefficient (Wildman–Crippen LogP) is 1.05. The molecule has 2 aliphatic heterocycles. The minimum atomic E-state index is -0.663. The van der Waals surface area contributed by atoms with Crippen molar-refractivity contribution in [2.45, 2.75) is 44.4 Å². The molecule has 0 radical (unpaired) electrons. The first-order chi connectivity index (χ1) is 16.5. The molecule has 2 aromatic rings. The maximum Gasteiger partial charge on any atom is 0.270 e. The molecule has 1 aromatic heterocycles. The number of aliphatic hydroxyl groups excluding tert-OH is 1. The highest BCUT2D eigenvalue weighted by Crippen LogP contribution is 2.32. The Morgan fingerprint density at radius 1 is 1.12 bits per heavy atom. The molecule has 2 fully saturated rings. The van der Waals surface area contributed by atoms with E-state index in [4.69, 9.17) is 0 Å². The number of aliphatic hydroxyl groups is 1. The second-order valence-electron chi connectivity index (χ2n) is 9.59. The van der Waals surface area contributed by atoms with E-state index in [1.165, 1.54) is 17.5 Å². The number of carbonyl (C=O) groups excluding carboxylic acids is 2. The van der Waals surface area contributed by atoms with Gasteiger partial charge in [0.15, 0.2) is 0 Å². The summed E-state index contributed by atoms with van der Waals surface area (Å²) in [6, 6.07) is 10.2. The number of anilines is 1. The summed E-state index contributed by atoms with van der Waals surface area (Å²) in [5.74, 6) is 0.595. The van der Waals surface area contributed by atoms with E-state index in [-0.39, 0.29) is 36.0 Å². The molecule has 3 heterocycles. The Bertz CT molecular complexity index is 1040. The van der Waals surface area contributed by atoms with Crippen molar-refractivity contribution in [3.05, 3.63) is 53.5 Å². The quantitative estimate of drug-likeness (QED) is 0.536. The summed E-state index contributed by atoms with van der Waals surface area (Å²) in [4.78, 5) is 37.3. The van der Waals surface area contributed by atoms with Crippen LogP contribution < -0.4 is 10.6 Å². The third kappa shape index (κ3) is 5.20. The molecule has 1 saturated carbocycles. The Morgan fingerprint density at radius 3 is 2.68 bits per heavy atom. The number of amides is 2. The van der Waals surface area contributed by atoms with E-state index in [1.807, 2.05) is 11.0 Å². The normalized spacial score (nSPS) is 22.7. The molecule has 1 aliphatic carbocycles. The van der Waals surface area contributed by atoms with Crippen molar-refractivity contribution in [1.29, 1.82) is 0 Å². The van der Waals surface area contributed by atoms with Crippen LogP contribution in [0.4, 0.5) is 5.82 Å². The van der Waals surface area contributed by atoms with Gasteiger partial charge in [0.25, 0.3) is 5.91 Å². The third-order valence-electron chi connectivity index (χ3n) is 7.08. The SMILES string of the molecule is O=C(NC[C@H](O)CN1CCc2ccccc2C1)c1cc(N[C@H]2C[C@@H](C(=O)N3CCC3)C2)ncn1. The van der Waals surface area contributed by atoms with Crippen LogP contribution in [0.15, 0.2) is 36.7 Å². The topological polar surface area (TPSA) is 111 Å². The van der Waals surface area contributed by atoms with Gasteiger partial charge in [0.1, 0.15) is 17.8 Å². The lowest BCUT2D eigenvalue weighted by Crippen LogP contribution is -2.50. The van der Waals surface area contributed by atoms with Crippen LogP contribution in [0.25, 0.3) is 0 Å². The smallest absolute Gasteiger partial charge is 0.270 e. The van der Waals surface area contributed by atoms with Crippen LogP contribution in [-0.2, 0) is 17.8 Å². The fourth-order valence-corrected chi connectivity index (χ4v) is 4.88. The van der Waals surface area contributed by atoms with Crippen LogP contribution in [0.2, 0.25) is 0 Å². The minimum Gasteiger partial charge on any atom is -0.390 e. The van der Waals surface area contributed by atoms with Crippen LogP contribution in [0.1, 0.15) is 40.9 Å². The molecule has 0 bridgehead atoms. The zero-order chi connectivity index (χ0) is 23.5. The van der Waals surface area contributed by atoms with E-state index in [1.54, 1.807) is 6.07 Å². The Labute approximate surface area is 199 Å². The summed E-state index contributed by atoms with van der Waals surface area (Å²) in [5.41, 5.74) is 2.92. The third-order valence-corrected chi connectivity index (χ3v) is 7.08. The molecule has 5 rings (SSSR count). The van der Waals surface area contributed by atoms with Crippen LogP contribution >= 0.6 is 0 Å². The average Bonchev–Trinajstić information content (AvgIpc) is 2.78. The van der Waals surface area contributed by atoms with Crippen molar-refractivity contribution in [3.63, 3.8) is 0 Å². The van der Waals surface area contributed by atoms with E-state index in [9.17, 15) is 14.7 Å². The van der Waals surface area contributed by atoms with Gasteiger partial charge in [-0.3, -0.25) is 14.5 Å². The minimum absolute atomic E-state index is 0.0947. The van der Waals surface area contributed by atoms with Gasteiger partial charge in [-0.25, -0.2) is 9.97 Å². The lowest BCUT2D eigenvalue weighted by molar-refractivity contribution is -0.142. The lowest BCUT2D eigenvalue weighted by atomic mass is 9.79. The summed E-state index contributed by atoms with van der Waals surface area (Å²) >= 11 is 0. The highest BCUT2D eigenvalue weighted by atomic mass is 16.3. The Kier molecular flexibility index (Phi) is 6.73. The number of nitrogens with zero attached hydrogens (tertiary/aromatic N) is 4. The summed E-state index contributed by atoms with van der Waals surface area (Å²) in [6.45, 7) is 4.15. The number of carbonyl (C=O) groups is 2. The van der Waals surface area contributed by atoms with Crippen LogP contribution in [0, 0.1) is 5.92 Å². The van der Waals surface area contributed by atoms with Gasteiger partial charge in [-0.15, -0.1) is 0 Å². The van der Waals surface area contributed by atoms with Gasteiger partial charge in [0.05, 0.1) is 6.10 Å². The molecular formula is C25H32N6O3. The van der Waals surface area contributed by atoms with Crippen molar-refractivity contribution in [3.8, 4) is 0 Å². The lowest BCUT2D eigenvalue weighted by Gasteiger charge is -2.41. The molecule has 2 amide bonds. The number of rotatable bonds is 8. The van der Waals surface area contributed by atoms with Crippen LogP contribution in [-0.4, -0.2) is 81.6 Å². The molecule has 0 unspecified atom stereocenters. The molecule has 1 atom stereocenters. The fraction of sp³-hybridized carbons (Fsp3) is 0.520. The second kappa shape index (κ2) is 10.1. The van der Waals surface area contributed by atoms with Gasteiger partial charge in [-0.05, 0) is 36.8 Å². The number of hydrogen-bond donors (Lipinski definition) is 3.